The number of carbonyl (C=O) groups excluding carboxylic acids is 3. The van der Waals surface area contributed by atoms with E-state index in [1.807, 2.05) is 6.92 Å². The van der Waals surface area contributed by atoms with Crippen molar-refractivity contribution in [3.05, 3.63) is 46.9 Å². The number of hydrogen-bond donors (Lipinski definition) is 1. The van der Waals surface area contributed by atoms with Crippen LogP contribution in [0.4, 0.5) is 17.6 Å². The summed E-state index contributed by atoms with van der Waals surface area (Å²) in [6, 6.07) is 1.39. The Balaban J connectivity index is 0.00000306. The first-order valence-corrected chi connectivity index (χ1v) is 10.6. The lowest BCUT2D eigenvalue weighted by Gasteiger charge is -2.25. The van der Waals surface area contributed by atoms with Crippen molar-refractivity contribution in [3.8, 4) is 0 Å². The number of likely N-dealkylation sites (tertiary alicyclic amines) is 1. The molecule has 194 valence electrons. The Labute approximate surface area is 214 Å². The van der Waals surface area contributed by atoms with Crippen molar-refractivity contribution in [1.29, 1.82) is 0 Å². The number of Topliss-reactive ketones (excluding diaryl/α,β-unsaturated/α-hetero) is 1. The second-order valence-electron chi connectivity index (χ2n) is 8.08. The lowest BCUT2D eigenvalue weighted by atomic mass is 9.91. The van der Waals surface area contributed by atoms with Crippen molar-refractivity contribution >= 4 is 44.6 Å². The summed E-state index contributed by atoms with van der Waals surface area (Å²) in [5.74, 6) is -4.03. The van der Waals surface area contributed by atoms with Crippen molar-refractivity contribution in [2.75, 3.05) is 13.1 Å². The summed E-state index contributed by atoms with van der Waals surface area (Å²) < 4.78 is 52.3. The zero-order valence-corrected chi connectivity index (χ0v) is 21.2. The molecule has 0 radical (unpaired) electrons. The Bertz CT molecular complexity index is 1020. The SMILES string of the molecule is CC[C@@H](NC(=O)C(=O)N1CC[C@H](C(=O)Cc2ccc(F)c(C(F)(F)F)c2)[C@@H]1C)C1=CCN=N1.S.S. The molecule has 2 aliphatic heterocycles. The topological polar surface area (TPSA) is 91.2 Å². The van der Waals surface area contributed by atoms with E-state index in [1.54, 1.807) is 13.0 Å². The molecule has 0 spiro atoms. The predicted molar refractivity (Wildman–Crippen MR) is 130 cm³/mol. The molecule has 0 aromatic heterocycles. The number of hydrogen-bond acceptors (Lipinski definition) is 5. The van der Waals surface area contributed by atoms with Crippen molar-refractivity contribution in [1.82, 2.24) is 10.2 Å². The van der Waals surface area contributed by atoms with E-state index in [4.69, 9.17) is 0 Å². The van der Waals surface area contributed by atoms with Crippen LogP contribution >= 0.6 is 27.0 Å². The first-order valence-electron chi connectivity index (χ1n) is 10.6. The molecular weight excluding hydrogens is 508 g/mol. The smallest absolute Gasteiger partial charge is 0.339 e. The summed E-state index contributed by atoms with van der Waals surface area (Å²) in [4.78, 5) is 39.3. The van der Waals surface area contributed by atoms with Gasteiger partial charge in [-0.3, -0.25) is 14.4 Å². The Hall–Kier alpha value is -2.41. The summed E-state index contributed by atoms with van der Waals surface area (Å²) in [6.07, 6.45) is -2.65. The van der Waals surface area contributed by atoms with Crippen LogP contribution in [0.15, 0.2) is 40.2 Å². The van der Waals surface area contributed by atoms with Gasteiger partial charge >= 0.3 is 18.0 Å². The highest BCUT2D eigenvalue weighted by Crippen LogP contribution is 2.33. The molecular formula is C22H28F4N4O3S2. The molecule has 0 bridgehead atoms. The fraction of sp³-hybridized carbons (Fsp3) is 0.500. The zero-order chi connectivity index (χ0) is 24.3. The van der Waals surface area contributed by atoms with Crippen LogP contribution in [0.1, 0.15) is 37.8 Å². The maximum Gasteiger partial charge on any atom is 0.419 e. The van der Waals surface area contributed by atoms with Gasteiger partial charge in [0.1, 0.15) is 11.6 Å². The van der Waals surface area contributed by atoms with Crippen LogP contribution in [0.2, 0.25) is 0 Å². The Morgan fingerprint density at radius 1 is 1.23 bits per heavy atom. The van der Waals surface area contributed by atoms with Crippen LogP contribution in [-0.4, -0.2) is 47.7 Å². The third-order valence-electron chi connectivity index (χ3n) is 5.98. The predicted octanol–water partition coefficient (Wildman–Crippen LogP) is 3.66. The van der Waals surface area contributed by atoms with Crippen LogP contribution in [-0.2, 0) is 27.0 Å². The number of nitrogens with zero attached hydrogens (tertiary/aromatic N) is 3. The molecule has 1 aromatic rings. The molecule has 7 nitrogen and oxygen atoms in total. The van der Waals surface area contributed by atoms with Crippen LogP contribution in [0.25, 0.3) is 0 Å². The van der Waals surface area contributed by atoms with Crippen LogP contribution < -0.4 is 5.32 Å². The number of benzene rings is 1. The summed E-state index contributed by atoms with van der Waals surface area (Å²) in [7, 11) is 0. The van der Waals surface area contributed by atoms with Gasteiger partial charge in [-0.1, -0.05) is 13.0 Å². The highest BCUT2D eigenvalue weighted by Gasteiger charge is 2.40. The highest BCUT2D eigenvalue weighted by molar-refractivity contribution is 7.59. The van der Waals surface area contributed by atoms with E-state index in [1.165, 1.54) is 4.90 Å². The summed E-state index contributed by atoms with van der Waals surface area (Å²) in [6.45, 7) is 4.04. The molecule has 0 aliphatic carbocycles. The second-order valence-corrected chi connectivity index (χ2v) is 8.08. The molecule has 1 N–H and O–H groups in total. The number of nitrogens with one attached hydrogen (secondary N) is 1. The molecule has 2 aliphatic rings. The van der Waals surface area contributed by atoms with Gasteiger partial charge in [0, 0.05) is 24.9 Å². The molecule has 2 amide bonds. The average Bonchev–Trinajstić information content (AvgIpc) is 3.42. The molecule has 1 saturated heterocycles. The first-order chi connectivity index (χ1) is 15.5. The maximum absolute atomic E-state index is 13.5. The van der Waals surface area contributed by atoms with E-state index >= 15 is 0 Å². The van der Waals surface area contributed by atoms with Crippen molar-refractivity contribution in [3.63, 3.8) is 0 Å². The van der Waals surface area contributed by atoms with Gasteiger partial charge in [0.2, 0.25) is 0 Å². The standard InChI is InChI=1S/C22H24F4N4O3.2H2S/c1-3-17(18-6-8-27-29-18)28-20(32)21(33)30-9-7-14(12(30)2)19(31)11-13-4-5-16(23)15(10-13)22(24,25)26;;/h4-6,10,12,14,17H,3,7-9,11H2,1-2H3,(H,28,32);2*1H2/t12-,14-,17+;;/m0../s1. The molecule has 13 heteroatoms. The summed E-state index contributed by atoms with van der Waals surface area (Å²) in [5, 5.41) is 10.4. The molecule has 3 rings (SSSR count). The summed E-state index contributed by atoms with van der Waals surface area (Å²) >= 11 is 0. The molecule has 1 aromatic carbocycles. The van der Waals surface area contributed by atoms with Crippen LogP contribution in [0, 0.1) is 11.7 Å². The van der Waals surface area contributed by atoms with Crippen molar-refractivity contribution in [2.24, 2.45) is 16.1 Å². The van der Waals surface area contributed by atoms with E-state index in [2.05, 4.69) is 15.5 Å². The molecule has 35 heavy (non-hydrogen) atoms. The fourth-order valence-corrected chi connectivity index (χ4v) is 4.13. The molecule has 0 unspecified atom stereocenters. The van der Waals surface area contributed by atoms with Gasteiger partial charge in [-0.2, -0.15) is 50.4 Å². The number of azo groups is 1. The quantitative estimate of drug-likeness (QED) is 0.444. The number of ketones is 1. The van der Waals surface area contributed by atoms with Gasteiger partial charge in [-0.15, -0.1) is 0 Å². The fourth-order valence-electron chi connectivity index (χ4n) is 4.13. The Morgan fingerprint density at radius 2 is 1.91 bits per heavy atom. The molecule has 2 heterocycles. The number of amides is 2. The second kappa shape index (κ2) is 12.5. The normalized spacial score (nSPS) is 19.9. The highest BCUT2D eigenvalue weighted by atomic mass is 32.1. The molecule has 1 fully saturated rings. The Morgan fingerprint density at radius 3 is 2.49 bits per heavy atom. The molecule has 0 saturated carbocycles. The van der Waals surface area contributed by atoms with Gasteiger partial charge in [0.15, 0.2) is 0 Å². The number of alkyl halides is 3. The largest absolute Gasteiger partial charge is 0.419 e. The number of rotatable bonds is 6. The minimum Gasteiger partial charge on any atom is -0.339 e. The third-order valence-corrected chi connectivity index (χ3v) is 5.98. The van der Waals surface area contributed by atoms with Gasteiger partial charge in [-0.25, -0.2) is 4.39 Å². The maximum atomic E-state index is 13.5. The van der Waals surface area contributed by atoms with Gasteiger partial charge in [-0.05, 0) is 43.5 Å². The van der Waals surface area contributed by atoms with E-state index < -0.39 is 47.4 Å². The van der Waals surface area contributed by atoms with Gasteiger partial charge in [0.05, 0.1) is 23.8 Å². The zero-order valence-electron chi connectivity index (χ0n) is 19.2. The minimum absolute atomic E-state index is 0. The third kappa shape index (κ3) is 7.06. The van der Waals surface area contributed by atoms with Crippen LogP contribution in [0.5, 0.6) is 0 Å². The Kier molecular flexibility index (Phi) is 11.0. The van der Waals surface area contributed by atoms with Crippen LogP contribution in [0.3, 0.4) is 0 Å². The first kappa shape index (κ1) is 30.6. The lowest BCUT2D eigenvalue weighted by molar-refractivity contribution is -0.147. The molecule has 3 atom stereocenters. The average molecular weight is 537 g/mol. The van der Waals surface area contributed by atoms with E-state index in [9.17, 15) is 31.9 Å². The van der Waals surface area contributed by atoms with Gasteiger partial charge in [0.25, 0.3) is 0 Å². The van der Waals surface area contributed by atoms with E-state index in [-0.39, 0.29) is 57.7 Å². The summed E-state index contributed by atoms with van der Waals surface area (Å²) in [5.41, 5.74) is -0.810. The van der Waals surface area contributed by atoms with E-state index in [0.29, 0.717) is 30.8 Å². The number of halogens is 4. The van der Waals surface area contributed by atoms with Crippen molar-refractivity contribution < 1.29 is 31.9 Å². The lowest BCUT2D eigenvalue weighted by Crippen LogP contribution is -2.48. The number of carbonyl (C=O) groups is 3. The minimum atomic E-state index is -4.87. The van der Waals surface area contributed by atoms with Crippen molar-refractivity contribution in [2.45, 2.75) is 51.4 Å². The monoisotopic (exact) mass is 536 g/mol. The van der Waals surface area contributed by atoms with Gasteiger partial charge < -0.3 is 10.2 Å². The van der Waals surface area contributed by atoms with E-state index in [0.717, 1.165) is 6.07 Å².